The quantitative estimate of drug-likeness (QED) is 0.432. The van der Waals surface area contributed by atoms with Crippen molar-refractivity contribution in [2.75, 3.05) is 35.7 Å². The number of pyridine rings is 1. The fourth-order valence-corrected chi connectivity index (χ4v) is 5.17. The summed E-state index contributed by atoms with van der Waals surface area (Å²) < 4.78 is 29.1. The largest absolute Gasteiger partial charge is 0.370 e. The molecule has 0 aliphatic carbocycles. The minimum Gasteiger partial charge on any atom is -0.370 e. The van der Waals surface area contributed by atoms with E-state index in [1.165, 1.54) is 6.07 Å². The Bertz CT molecular complexity index is 1070. The molecule has 1 aliphatic heterocycles. The number of hydrogen-bond donors (Lipinski definition) is 3. The predicted molar refractivity (Wildman–Crippen MR) is 128 cm³/mol. The Morgan fingerprint density at radius 1 is 1.18 bits per heavy atom. The molecule has 0 radical (unpaired) electrons. The van der Waals surface area contributed by atoms with Crippen molar-refractivity contribution in [1.29, 1.82) is 0 Å². The number of benzene rings is 1. The molecule has 1 aromatic heterocycles. The van der Waals surface area contributed by atoms with Crippen LogP contribution in [0.4, 0.5) is 11.4 Å². The van der Waals surface area contributed by atoms with Crippen LogP contribution in [-0.2, 0) is 26.0 Å². The molecule has 0 spiro atoms. The van der Waals surface area contributed by atoms with Gasteiger partial charge in [0.05, 0.1) is 5.69 Å². The number of hydrogen-bond acceptors (Lipinski definition) is 6. The summed E-state index contributed by atoms with van der Waals surface area (Å²) in [5.41, 5.74) is 7.08. The van der Waals surface area contributed by atoms with Crippen LogP contribution in [0.3, 0.4) is 0 Å². The monoisotopic (exact) mass is 493 g/mol. The highest BCUT2D eigenvalue weighted by Crippen LogP contribution is 2.31. The van der Waals surface area contributed by atoms with Crippen LogP contribution in [-0.4, -0.2) is 50.7 Å². The Kier molecular flexibility index (Phi) is 8.65. The maximum absolute atomic E-state index is 13.3. The predicted octanol–water partition coefficient (Wildman–Crippen LogP) is 1.87. The summed E-state index contributed by atoms with van der Waals surface area (Å²) in [6.07, 6.45) is 3.32. The van der Waals surface area contributed by atoms with E-state index in [9.17, 15) is 18.0 Å². The number of halogens is 1. The van der Waals surface area contributed by atoms with Crippen LogP contribution in [0, 0.1) is 5.92 Å². The maximum Gasteiger partial charge on any atom is 0.242 e. The number of sulfonamides is 1. The SMILES string of the molecule is NC(=O)C1CCN(c2ccc(NC(=O)CCCl)cc2S(=O)(=O)NCCc2ccccn2)CC1. The number of carbonyl (C=O) groups excluding carboxylic acids is 2. The molecular formula is C22H28ClN5O4S. The minimum absolute atomic E-state index is 0.0599. The van der Waals surface area contributed by atoms with Gasteiger partial charge in [0.2, 0.25) is 21.8 Å². The van der Waals surface area contributed by atoms with Gasteiger partial charge in [0.15, 0.2) is 0 Å². The van der Waals surface area contributed by atoms with Crippen molar-refractivity contribution in [2.24, 2.45) is 11.7 Å². The molecule has 1 aliphatic rings. The molecule has 1 saturated heterocycles. The van der Waals surface area contributed by atoms with Crippen LogP contribution in [0.2, 0.25) is 0 Å². The Labute approximate surface area is 198 Å². The zero-order valence-corrected chi connectivity index (χ0v) is 19.7. The highest BCUT2D eigenvalue weighted by molar-refractivity contribution is 7.89. The van der Waals surface area contributed by atoms with Crippen molar-refractivity contribution in [3.8, 4) is 0 Å². The third-order valence-corrected chi connectivity index (χ3v) is 7.17. The van der Waals surface area contributed by atoms with Crippen molar-refractivity contribution in [3.63, 3.8) is 0 Å². The molecule has 0 saturated carbocycles. The van der Waals surface area contributed by atoms with Crippen LogP contribution >= 0.6 is 11.6 Å². The van der Waals surface area contributed by atoms with Gasteiger partial charge in [-0.25, -0.2) is 13.1 Å². The third kappa shape index (κ3) is 6.89. The van der Waals surface area contributed by atoms with Gasteiger partial charge >= 0.3 is 0 Å². The molecule has 9 nitrogen and oxygen atoms in total. The lowest BCUT2D eigenvalue weighted by Gasteiger charge is -2.33. The number of primary amides is 1. The number of aromatic nitrogens is 1. The van der Waals surface area contributed by atoms with Crippen molar-refractivity contribution in [2.45, 2.75) is 30.6 Å². The van der Waals surface area contributed by atoms with Gasteiger partial charge in [-0.2, -0.15) is 0 Å². The smallest absolute Gasteiger partial charge is 0.242 e. The second-order valence-corrected chi connectivity index (χ2v) is 9.92. The van der Waals surface area contributed by atoms with E-state index in [1.54, 1.807) is 24.4 Å². The van der Waals surface area contributed by atoms with Gasteiger partial charge in [0, 0.05) is 61.9 Å². The average Bonchev–Trinajstić information content (AvgIpc) is 2.80. The van der Waals surface area contributed by atoms with Crippen molar-refractivity contribution in [1.82, 2.24) is 9.71 Å². The van der Waals surface area contributed by atoms with Crippen LogP contribution in [0.25, 0.3) is 0 Å². The highest BCUT2D eigenvalue weighted by Gasteiger charge is 2.28. The fourth-order valence-electron chi connectivity index (χ4n) is 3.72. The van der Waals surface area contributed by atoms with Crippen molar-refractivity contribution >= 4 is 44.8 Å². The molecule has 2 aromatic rings. The van der Waals surface area contributed by atoms with Gasteiger partial charge in [0.1, 0.15) is 4.90 Å². The molecule has 33 heavy (non-hydrogen) atoms. The van der Waals surface area contributed by atoms with Crippen LogP contribution in [0.5, 0.6) is 0 Å². The number of rotatable bonds is 10. The number of alkyl halides is 1. The van der Waals surface area contributed by atoms with Gasteiger partial charge in [-0.15, -0.1) is 11.6 Å². The lowest BCUT2D eigenvalue weighted by molar-refractivity contribution is -0.122. The fraction of sp³-hybridized carbons (Fsp3) is 0.409. The normalized spacial score (nSPS) is 14.8. The summed E-state index contributed by atoms with van der Waals surface area (Å²) in [5, 5.41) is 2.68. The lowest BCUT2D eigenvalue weighted by atomic mass is 9.96. The lowest BCUT2D eigenvalue weighted by Crippen LogP contribution is -2.39. The summed E-state index contributed by atoms with van der Waals surface area (Å²) in [6.45, 7) is 1.18. The Balaban J connectivity index is 1.83. The van der Waals surface area contributed by atoms with Gasteiger partial charge in [0.25, 0.3) is 0 Å². The third-order valence-electron chi connectivity index (χ3n) is 5.49. The molecule has 0 atom stereocenters. The number of piperidine rings is 1. The van der Waals surface area contributed by atoms with E-state index in [0.717, 1.165) is 5.69 Å². The van der Waals surface area contributed by atoms with Gasteiger partial charge in [-0.3, -0.25) is 14.6 Å². The number of amides is 2. The first-order valence-corrected chi connectivity index (χ1v) is 12.8. The number of nitrogens with two attached hydrogens (primary N) is 1. The van der Waals surface area contributed by atoms with E-state index in [4.69, 9.17) is 17.3 Å². The zero-order valence-electron chi connectivity index (χ0n) is 18.2. The van der Waals surface area contributed by atoms with Gasteiger partial charge < -0.3 is 16.0 Å². The van der Waals surface area contributed by atoms with E-state index in [2.05, 4.69) is 15.0 Å². The highest BCUT2D eigenvalue weighted by atomic mass is 35.5. The molecule has 178 valence electrons. The van der Waals surface area contributed by atoms with E-state index >= 15 is 0 Å². The first-order valence-electron chi connectivity index (χ1n) is 10.7. The maximum atomic E-state index is 13.3. The summed E-state index contributed by atoms with van der Waals surface area (Å²) >= 11 is 5.62. The van der Waals surface area contributed by atoms with Gasteiger partial charge in [-0.05, 0) is 43.2 Å². The summed E-state index contributed by atoms with van der Waals surface area (Å²) in [7, 11) is -3.90. The number of carbonyl (C=O) groups is 2. The first kappa shape index (κ1) is 24.9. The standard InChI is InChI=1S/C22H28ClN5O4S/c23-10-6-21(29)27-18-4-5-19(28-13-8-16(9-14-28)22(24)30)20(15-18)33(31,32)26-12-7-17-3-1-2-11-25-17/h1-5,11,15-16,26H,6-10,12-14H2,(H2,24,30)(H,27,29). The summed E-state index contributed by atoms with van der Waals surface area (Å²) in [4.78, 5) is 29.7. The van der Waals surface area contributed by atoms with E-state index in [1.807, 2.05) is 17.0 Å². The molecule has 2 heterocycles. The molecule has 1 aromatic carbocycles. The molecule has 4 N–H and O–H groups in total. The number of nitrogens with one attached hydrogen (secondary N) is 2. The Morgan fingerprint density at radius 2 is 1.94 bits per heavy atom. The number of anilines is 2. The minimum atomic E-state index is -3.90. The molecule has 1 fully saturated rings. The van der Waals surface area contributed by atoms with Gasteiger partial charge in [-0.1, -0.05) is 6.07 Å². The molecular weight excluding hydrogens is 466 g/mol. The average molecular weight is 494 g/mol. The summed E-state index contributed by atoms with van der Waals surface area (Å²) in [6, 6.07) is 10.3. The Hall–Kier alpha value is -2.69. The van der Waals surface area contributed by atoms with Crippen LogP contribution < -0.4 is 20.7 Å². The van der Waals surface area contributed by atoms with Crippen LogP contribution in [0.1, 0.15) is 25.0 Å². The zero-order chi connectivity index (χ0) is 23.8. The van der Waals surface area contributed by atoms with E-state index in [0.29, 0.717) is 43.7 Å². The number of nitrogens with zero attached hydrogens (tertiary/aromatic N) is 2. The first-order chi connectivity index (χ1) is 15.8. The molecule has 11 heteroatoms. The van der Waals surface area contributed by atoms with Crippen molar-refractivity contribution in [3.05, 3.63) is 48.3 Å². The van der Waals surface area contributed by atoms with E-state index < -0.39 is 10.0 Å². The van der Waals surface area contributed by atoms with E-state index in [-0.39, 0.29) is 41.5 Å². The van der Waals surface area contributed by atoms with Crippen LogP contribution in [0.15, 0.2) is 47.5 Å². The molecule has 0 unspecified atom stereocenters. The molecule has 2 amide bonds. The molecule has 3 rings (SSSR count). The summed E-state index contributed by atoms with van der Waals surface area (Å²) in [5.74, 6) is -0.687. The second-order valence-electron chi connectivity index (χ2n) is 7.80. The topological polar surface area (TPSA) is 134 Å². The second kappa shape index (κ2) is 11.4. The molecule has 0 bridgehead atoms. The van der Waals surface area contributed by atoms with Crippen molar-refractivity contribution < 1.29 is 18.0 Å². The Morgan fingerprint density at radius 3 is 2.58 bits per heavy atom.